The Bertz CT molecular complexity index is 556. The van der Waals surface area contributed by atoms with Crippen LogP contribution in [0.25, 0.3) is 10.6 Å². The summed E-state index contributed by atoms with van der Waals surface area (Å²) in [5, 5.41) is 13.3. The molecular formula is C14H17FN2OS. The third-order valence-electron chi connectivity index (χ3n) is 2.85. The van der Waals surface area contributed by atoms with Crippen molar-refractivity contribution in [1.29, 1.82) is 0 Å². The topological polar surface area (TPSA) is 45.2 Å². The van der Waals surface area contributed by atoms with Crippen LogP contribution < -0.4 is 5.32 Å². The number of phenols is 1. The van der Waals surface area contributed by atoms with Gasteiger partial charge in [-0.3, -0.25) is 0 Å². The van der Waals surface area contributed by atoms with Crippen LogP contribution in [0.5, 0.6) is 5.75 Å². The second kappa shape index (κ2) is 6.12. The molecule has 0 radical (unpaired) electrons. The zero-order valence-corrected chi connectivity index (χ0v) is 11.8. The molecule has 2 N–H and O–H groups in total. The lowest BCUT2D eigenvalue weighted by Crippen LogP contribution is -2.18. The van der Waals surface area contributed by atoms with Crippen LogP contribution in [0.4, 0.5) is 4.39 Å². The second-order valence-corrected chi connectivity index (χ2v) is 5.47. The molecule has 1 atom stereocenters. The van der Waals surface area contributed by atoms with Crippen LogP contribution in [0.1, 0.15) is 31.2 Å². The number of nitrogens with zero attached hydrogens (tertiary/aromatic N) is 1. The first kappa shape index (κ1) is 14.0. The van der Waals surface area contributed by atoms with Crippen LogP contribution in [-0.4, -0.2) is 16.6 Å². The molecule has 0 saturated carbocycles. The molecule has 102 valence electrons. The van der Waals surface area contributed by atoms with E-state index in [0.717, 1.165) is 22.9 Å². The lowest BCUT2D eigenvalue weighted by Gasteiger charge is -2.09. The Morgan fingerprint density at radius 2 is 2.26 bits per heavy atom. The van der Waals surface area contributed by atoms with Gasteiger partial charge >= 0.3 is 0 Å². The minimum absolute atomic E-state index is 0.244. The summed E-state index contributed by atoms with van der Waals surface area (Å²) in [6.07, 6.45) is 2.90. The lowest BCUT2D eigenvalue weighted by molar-refractivity contribution is 0.432. The van der Waals surface area contributed by atoms with E-state index in [1.54, 1.807) is 6.07 Å². The fourth-order valence-corrected chi connectivity index (χ4v) is 2.66. The molecule has 0 amide bonds. The van der Waals surface area contributed by atoms with E-state index >= 15 is 0 Å². The second-order valence-electron chi connectivity index (χ2n) is 4.41. The molecule has 1 unspecified atom stereocenters. The number of halogens is 1. The normalized spacial score (nSPS) is 12.6. The highest BCUT2D eigenvalue weighted by Gasteiger charge is 2.11. The number of phenolic OH excluding ortho intramolecular Hbond substituents is 1. The summed E-state index contributed by atoms with van der Waals surface area (Å²) in [6.45, 7) is 5.17. The molecule has 0 saturated heterocycles. The maximum Gasteiger partial charge on any atom is 0.165 e. The number of rotatable bonds is 5. The van der Waals surface area contributed by atoms with Gasteiger partial charge in [0, 0.05) is 22.7 Å². The van der Waals surface area contributed by atoms with Gasteiger partial charge in [-0.15, -0.1) is 11.3 Å². The quantitative estimate of drug-likeness (QED) is 0.877. The van der Waals surface area contributed by atoms with Gasteiger partial charge in [0.1, 0.15) is 5.01 Å². The minimum Gasteiger partial charge on any atom is -0.505 e. The molecule has 5 heteroatoms. The van der Waals surface area contributed by atoms with Gasteiger partial charge in [0.05, 0.1) is 0 Å². The molecular weight excluding hydrogens is 263 g/mol. The SMILES string of the molecule is CCCNC(C)c1cnc(-c2ccc(O)c(F)c2)s1. The molecule has 0 aliphatic carbocycles. The van der Waals surface area contributed by atoms with Crippen LogP contribution in [0.15, 0.2) is 24.4 Å². The minimum atomic E-state index is -0.619. The van der Waals surface area contributed by atoms with Gasteiger partial charge in [-0.1, -0.05) is 6.92 Å². The number of benzene rings is 1. The van der Waals surface area contributed by atoms with E-state index in [-0.39, 0.29) is 11.8 Å². The van der Waals surface area contributed by atoms with Crippen molar-refractivity contribution in [3.8, 4) is 16.3 Å². The highest BCUT2D eigenvalue weighted by molar-refractivity contribution is 7.15. The van der Waals surface area contributed by atoms with Crippen LogP contribution >= 0.6 is 11.3 Å². The van der Waals surface area contributed by atoms with Gasteiger partial charge in [0.15, 0.2) is 11.6 Å². The molecule has 1 aromatic carbocycles. The molecule has 0 spiro atoms. The predicted molar refractivity (Wildman–Crippen MR) is 75.9 cm³/mol. The fraction of sp³-hybridized carbons (Fsp3) is 0.357. The highest BCUT2D eigenvalue weighted by atomic mass is 32.1. The van der Waals surface area contributed by atoms with Crippen molar-refractivity contribution in [2.24, 2.45) is 0 Å². The third-order valence-corrected chi connectivity index (χ3v) is 4.07. The highest BCUT2D eigenvalue weighted by Crippen LogP contribution is 2.30. The zero-order chi connectivity index (χ0) is 13.8. The molecule has 3 nitrogen and oxygen atoms in total. The van der Waals surface area contributed by atoms with Crippen LogP contribution in [0, 0.1) is 5.82 Å². The van der Waals surface area contributed by atoms with E-state index in [9.17, 15) is 9.50 Å². The van der Waals surface area contributed by atoms with Crippen LogP contribution in [0.3, 0.4) is 0 Å². The molecule has 1 aromatic heterocycles. The van der Waals surface area contributed by atoms with Crippen LogP contribution in [-0.2, 0) is 0 Å². The summed E-state index contributed by atoms with van der Waals surface area (Å²) >= 11 is 1.54. The van der Waals surface area contributed by atoms with E-state index in [0.29, 0.717) is 5.56 Å². The largest absolute Gasteiger partial charge is 0.505 e. The number of thiazole rings is 1. The smallest absolute Gasteiger partial charge is 0.165 e. The molecule has 19 heavy (non-hydrogen) atoms. The summed E-state index contributed by atoms with van der Waals surface area (Å²) < 4.78 is 13.3. The van der Waals surface area contributed by atoms with Crippen molar-refractivity contribution >= 4 is 11.3 Å². The third kappa shape index (κ3) is 3.30. The van der Waals surface area contributed by atoms with Crippen molar-refractivity contribution in [3.63, 3.8) is 0 Å². The van der Waals surface area contributed by atoms with E-state index in [1.807, 2.05) is 6.20 Å². The lowest BCUT2D eigenvalue weighted by atomic mass is 10.2. The predicted octanol–water partition coefficient (Wildman–Crippen LogP) is 3.72. The fourth-order valence-electron chi connectivity index (χ4n) is 1.72. The molecule has 2 aromatic rings. The van der Waals surface area contributed by atoms with Crippen LogP contribution in [0.2, 0.25) is 0 Å². The van der Waals surface area contributed by atoms with Gasteiger partial charge in [0.25, 0.3) is 0 Å². The first-order chi connectivity index (χ1) is 9.11. The van der Waals surface area contributed by atoms with Gasteiger partial charge < -0.3 is 10.4 Å². The van der Waals surface area contributed by atoms with Crippen molar-refractivity contribution < 1.29 is 9.50 Å². The summed E-state index contributed by atoms with van der Waals surface area (Å²) in [7, 11) is 0. The molecule has 2 rings (SSSR count). The Morgan fingerprint density at radius 1 is 1.47 bits per heavy atom. The summed E-state index contributed by atoms with van der Waals surface area (Å²) in [5.41, 5.74) is 0.689. The number of aromatic hydroxyl groups is 1. The number of nitrogens with one attached hydrogen (secondary N) is 1. The summed E-state index contributed by atoms with van der Waals surface area (Å²) in [6, 6.07) is 4.57. The first-order valence-corrected chi connectivity index (χ1v) is 7.11. The molecule has 0 aliphatic rings. The molecule has 0 fully saturated rings. The Hall–Kier alpha value is -1.46. The Kier molecular flexibility index (Phi) is 4.50. The van der Waals surface area contributed by atoms with Gasteiger partial charge in [-0.2, -0.15) is 0 Å². The van der Waals surface area contributed by atoms with Crippen molar-refractivity contribution in [1.82, 2.24) is 10.3 Å². The van der Waals surface area contributed by atoms with Crippen molar-refractivity contribution in [3.05, 3.63) is 35.1 Å². The number of hydrogen-bond acceptors (Lipinski definition) is 4. The Balaban J connectivity index is 2.18. The molecule has 0 bridgehead atoms. The molecule has 1 heterocycles. The van der Waals surface area contributed by atoms with Gasteiger partial charge in [-0.05, 0) is 38.1 Å². The first-order valence-electron chi connectivity index (χ1n) is 6.29. The van der Waals surface area contributed by atoms with Gasteiger partial charge in [-0.25, -0.2) is 9.37 Å². The maximum atomic E-state index is 13.3. The van der Waals surface area contributed by atoms with E-state index < -0.39 is 5.82 Å². The number of hydrogen-bond donors (Lipinski definition) is 2. The van der Waals surface area contributed by atoms with Gasteiger partial charge in [0.2, 0.25) is 0 Å². The monoisotopic (exact) mass is 280 g/mol. The van der Waals surface area contributed by atoms with Crippen molar-refractivity contribution in [2.45, 2.75) is 26.3 Å². The van der Waals surface area contributed by atoms with E-state index in [1.165, 1.54) is 23.5 Å². The Labute approximate surface area is 116 Å². The van der Waals surface area contributed by atoms with Crippen molar-refractivity contribution in [2.75, 3.05) is 6.54 Å². The Morgan fingerprint density at radius 3 is 2.95 bits per heavy atom. The summed E-state index contributed by atoms with van der Waals surface area (Å²) in [4.78, 5) is 5.44. The summed E-state index contributed by atoms with van der Waals surface area (Å²) in [5.74, 6) is -0.954. The molecule has 0 aliphatic heterocycles. The average molecular weight is 280 g/mol. The number of aromatic nitrogens is 1. The average Bonchev–Trinajstić information content (AvgIpc) is 2.89. The maximum absolute atomic E-state index is 13.3. The van der Waals surface area contributed by atoms with E-state index in [4.69, 9.17) is 0 Å². The van der Waals surface area contributed by atoms with E-state index in [2.05, 4.69) is 24.1 Å². The zero-order valence-electron chi connectivity index (χ0n) is 11.0. The standard InChI is InChI=1S/C14H17FN2OS/c1-3-6-16-9(2)13-8-17-14(19-13)10-4-5-12(18)11(15)7-10/h4-5,7-9,16,18H,3,6H2,1-2H3.